The molecule has 0 fully saturated rings. The average molecular weight is 368 g/mol. The summed E-state index contributed by atoms with van der Waals surface area (Å²) >= 11 is 2.23. The average Bonchev–Trinajstić information content (AvgIpc) is 2.87. The van der Waals surface area contributed by atoms with Crippen molar-refractivity contribution in [3.63, 3.8) is 0 Å². The molecule has 1 unspecified atom stereocenters. The molecular formula is C15H17IN2O. The maximum Gasteiger partial charge on any atom is 0.168 e. The largest absolute Gasteiger partial charge is 0.294 e. The molecule has 19 heavy (non-hydrogen) atoms. The zero-order valence-electron chi connectivity index (χ0n) is 11.1. The van der Waals surface area contributed by atoms with E-state index in [1.165, 1.54) is 0 Å². The first-order valence-corrected chi connectivity index (χ1v) is 7.51. The summed E-state index contributed by atoms with van der Waals surface area (Å²) in [5.41, 5.74) is 1.59. The minimum Gasteiger partial charge on any atom is -0.294 e. The van der Waals surface area contributed by atoms with Crippen LogP contribution >= 0.6 is 22.6 Å². The van der Waals surface area contributed by atoms with E-state index in [-0.39, 0.29) is 5.78 Å². The minimum atomic E-state index is 0.116. The number of benzene rings is 1. The van der Waals surface area contributed by atoms with E-state index in [1.54, 1.807) is 0 Å². The number of carbonyl (C=O) groups is 1. The van der Waals surface area contributed by atoms with E-state index < -0.39 is 0 Å². The molecule has 0 aliphatic heterocycles. The van der Waals surface area contributed by atoms with Gasteiger partial charge in [-0.2, -0.15) is 5.10 Å². The summed E-state index contributed by atoms with van der Waals surface area (Å²) in [7, 11) is 0. The lowest BCUT2D eigenvalue weighted by atomic mass is 10.1. The Morgan fingerprint density at radius 1 is 1.32 bits per heavy atom. The molecule has 0 radical (unpaired) electrons. The number of halogens is 1. The van der Waals surface area contributed by atoms with Crippen molar-refractivity contribution in [1.82, 2.24) is 9.78 Å². The van der Waals surface area contributed by atoms with Gasteiger partial charge in [0.2, 0.25) is 0 Å². The summed E-state index contributed by atoms with van der Waals surface area (Å²) in [6.45, 7) is 4.25. The van der Waals surface area contributed by atoms with Crippen LogP contribution in [0.5, 0.6) is 0 Å². The van der Waals surface area contributed by atoms with Crippen LogP contribution in [0.25, 0.3) is 0 Å². The number of carbonyl (C=O) groups excluding carboxylic acids is 1. The Bertz CT molecular complexity index is 560. The molecular weight excluding hydrogens is 351 g/mol. The standard InChI is InChI=1S/C15H17IN2O/c1-3-11(2)18-9-8-14(17-18)10-15(19)12-4-6-13(16)7-5-12/h4-9,11H,3,10H2,1-2H3. The highest BCUT2D eigenvalue weighted by atomic mass is 127. The normalized spacial score (nSPS) is 12.4. The molecule has 0 spiro atoms. The lowest BCUT2D eigenvalue weighted by Crippen LogP contribution is -2.07. The predicted octanol–water partition coefficient (Wildman–Crippen LogP) is 3.88. The number of ketones is 1. The molecule has 3 nitrogen and oxygen atoms in total. The highest BCUT2D eigenvalue weighted by Crippen LogP contribution is 2.12. The van der Waals surface area contributed by atoms with Crippen LogP contribution in [0.15, 0.2) is 36.5 Å². The summed E-state index contributed by atoms with van der Waals surface area (Å²) in [4.78, 5) is 12.1. The number of nitrogens with zero attached hydrogens (tertiary/aromatic N) is 2. The Morgan fingerprint density at radius 2 is 2.00 bits per heavy atom. The number of rotatable bonds is 5. The zero-order valence-corrected chi connectivity index (χ0v) is 13.3. The fourth-order valence-corrected chi connectivity index (χ4v) is 2.17. The van der Waals surface area contributed by atoms with Crippen LogP contribution in [-0.2, 0) is 6.42 Å². The monoisotopic (exact) mass is 368 g/mol. The van der Waals surface area contributed by atoms with Gasteiger partial charge in [-0.25, -0.2) is 0 Å². The fourth-order valence-electron chi connectivity index (χ4n) is 1.81. The van der Waals surface area contributed by atoms with Gasteiger partial charge in [0.1, 0.15) is 0 Å². The van der Waals surface area contributed by atoms with Gasteiger partial charge in [0.05, 0.1) is 12.1 Å². The second-order valence-electron chi connectivity index (χ2n) is 4.65. The van der Waals surface area contributed by atoms with Crippen molar-refractivity contribution in [2.75, 3.05) is 0 Å². The molecule has 100 valence electrons. The number of hydrogen-bond donors (Lipinski definition) is 0. The summed E-state index contributed by atoms with van der Waals surface area (Å²) in [5.74, 6) is 0.116. The maximum atomic E-state index is 12.1. The summed E-state index contributed by atoms with van der Waals surface area (Å²) in [6, 6.07) is 9.95. The fraction of sp³-hybridized carbons (Fsp3) is 0.333. The quantitative estimate of drug-likeness (QED) is 0.593. The minimum absolute atomic E-state index is 0.116. The van der Waals surface area contributed by atoms with Crippen molar-refractivity contribution in [3.8, 4) is 0 Å². The molecule has 1 aromatic heterocycles. The third-order valence-corrected chi connectivity index (χ3v) is 3.93. The van der Waals surface area contributed by atoms with Crippen molar-refractivity contribution in [2.45, 2.75) is 32.7 Å². The molecule has 0 bridgehead atoms. The highest BCUT2D eigenvalue weighted by molar-refractivity contribution is 14.1. The van der Waals surface area contributed by atoms with Gasteiger partial charge in [0.15, 0.2) is 5.78 Å². The van der Waals surface area contributed by atoms with Gasteiger partial charge in [-0.1, -0.05) is 19.1 Å². The maximum absolute atomic E-state index is 12.1. The summed E-state index contributed by atoms with van der Waals surface area (Å²) < 4.78 is 3.06. The number of aromatic nitrogens is 2. The SMILES string of the molecule is CCC(C)n1ccc(CC(=O)c2ccc(I)cc2)n1. The lowest BCUT2D eigenvalue weighted by molar-refractivity contribution is 0.0991. The van der Waals surface area contributed by atoms with E-state index in [0.717, 1.165) is 21.2 Å². The van der Waals surface area contributed by atoms with Crippen LogP contribution in [-0.4, -0.2) is 15.6 Å². The molecule has 1 heterocycles. The van der Waals surface area contributed by atoms with Crippen LogP contribution in [0, 0.1) is 3.57 Å². The van der Waals surface area contributed by atoms with E-state index in [1.807, 2.05) is 41.2 Å². The van der Waals surface area contributed by atoms with Crippen LogP contribution in [0.3, 0.4) is 0 Å². The van der Waals surface area contributed by atoms with Crippen molar-refractivity contribution in [2.24, 2.45) is 0 Å². The Morgan fingerprint density at radius 3 is 2.63 bits per heavy atom. The Kier molecular flexibility index (Phi) is 4.74. The lowest BCUT2D eigenvalue weighted by Gasteiger charge is -2.08. The first kappa shape index (κ1) is 14.2. The van der Waals surface area contributed by atoms with E-state index in [2.05, 4.69) is 41.5 Å². The molecule has 1 aromatic carbocycles. The van der Waals surface area contributed by atoms with Gasteiger partial charge in [-0.05, 0) is 54.1 Å². The van der Waals surface area contributed by atoms with Crippen LogP contribution in [0.4, 0.5) is 0 Å². The Balaban J connectivity index is 2.06. The van der Waals surface area contributed by atoms with Gasteiger partial charge in [0, 0.05) is 21.4 Å². The van der Waals surface area contributed by atoms with E-state index in [0.29, 0.717) is 12.5 Å². The molecule has 2 aromatic rings. The molecule has 0 aliphatic carbocycles. The van der Waals surface area contributed by atoms with Crippen LogP contribution in [0.1, 0.15) is 42.4 Å². The second kappa shape index (κ2) is 6.32. The van der Waals surface area contributed by atoms with Crippen LogP contribution < -0.4 is 0 Å². The topological polar surface area (TPSA) is 34.9 Å². The number of Topliss-reactive ketones (excluding diaryl/α,β-unsaturated/α-hetero) is 1. The zero-order chi connectivity index (χ0) is 13.8. The smallest absolute Gasteiger partial charge is 0.168 e. The van der Waals surface area contributed by atoms with E-state index in [4.69, 9.17) is 0 Å². The third-order valence-electron chi connectivity index (χ3n) is 3.21. The molecule has 4 heteroatoms. The van der Waals surface area contributed by atoms with Gasteiger partial charge in [0.25, 0.3) is 0 Å². The first-order chi connectivity index (χ1) is 9.10. The van der Waals surface area contributed by atoms with Gasteiger partial charge in [-0.15, -0.1) is 0 Å². The molecule has 0 N–H and O–H groups in total. The molecule has 0 saturated heterocycles. The Labute approximate surface area is 127 Å². The van der Waals surface area contributed by atoms with Crippen molar-refractivity contribution >= 4 is 28.4 Å². The van der Waals surface area contributed by atoms with Gasteiger partial charge in [-0.3, -0.25) is 9.48 Å². The first-order valence-electron chi connectivity index (χ1n) is 6.43. The third kappa shape index (κ3) is 3.65. The highest BCUT2D eigenvalue weighted by Gasteiger charge is 2.10. The second-order valence-corrected chi connectivity index (χ2v) is 5.90. The predicted molar refractivity (Wildman–Crippen MR) is 84.4 cm³/mol. The number of hydrogen-bond acceptors (Lipinski definition) is 2. The molecule has 0 aliphatic rings. The van der Waals surface area contributed by atoms with E-state index >= 15 is 0 Å². The molecule has 0 saturated carbocycles. The summed E-state index contributed by atoms with van der Waals surface area (Å²) in [5, 5.41) is 4.46. The molecule has 1 atom stereocenters. The van der Waals surface area contributed by atoms with Crippen molar-refractivity contribution in [3.05, 3.63) is 51.4 Å². The van der Waals surface area contributed by atoms with E-state index in [9.17, 15) is 4.79 Å². The molecule has 2 rings (SSSR count). The van der Waals surface area contributed by atoms with Gasteiger partial charge >= 0.3 is 0 Å². The van der Waals surface area contributed by atoms with Crippen molar-refractivity contribution in [1.29, 1.82) is 0 Å². The summed E-state index contributed by atoms with van der Waals surface area (Å²) in [6.07, 6.45) is 3.35. The van der Waals surface area contributed by atoms with Crippen molar-refractivity contribution < 1.29 is 4.79 Å². The van der Waals surface area contributed by atoms with Crippen LogP contribution in [0.2, 0.25) is 0 Å². The Hall–Kier alpha value is -1.17. The molecule has 0 amide bonds. The van der Waals surface area contributed by atoms with Gasteiger partial charge < -0.3 is 0 Å².